The van der Waals surface area contributed by atoms with Gasteiger partial charge in [0.15, 0.2) is 5.82 Å². The van der Waals surface area contributed by atoms with Crippen LogP contribution in [0.1, 0.15) is 62.1 Å². The summed E-state index contributed by atoms with van der Waals surface area (Å²) in [6.45, 7) is 9.17. The van der Waals surface area contributed by atoms with Crippen molar-refractivity contribution in [1.82, 2.24) is 25.4 Å². The van der Waals surface area contributed by atoms with Crippen LogP contribution in [0.15, 0.2) is 24.3 Å². The lowest BCUT2D eigenvalue weighted by Gasteiger charge is -2.24. The highest BCUT2D eigenvalue weighted by molar-refractivity contribution is 5.75. The molecule has 134 valence electrons. The molecule has 1 aliphatic rings. The topological polar surface area (TPSA) is 71.8 Å². The molecule has 2 unspecified atom stereocenters. The molecule has 6 heteroatoms. The molecule has 2 amide bonds. The van der Waals surface area contributed by atoms with E-state index in [1.165, 1.54) is 5.56 Å². The Morgan fingerprint density at radius 2 is 1.92 bits per heavy atom. The number of nitrogens with zero attached hydrogens (tertiary/aromatic N) is 3. The number of carbonyl (C=O) groups is 1. The predicted octanol–water partition coefficient (Wildman–Crippen LogP) is 3.29. The molecule has 2 atom stereocenters. The molecule has 0 bridgehead atoms. The first-order valence-electron chi connectivity index (χ1n) is 9.02. The fourth-order valence-corrected chi connectivity index (χ4v) is 3.46. The molecule has 0 saturated heterocycles. The minimum absolute atomic E-state index is 0.0573. The van der Waals surface area contributed by atoms with Crippen molar-refractivity contribution in [3.8, 4) is 0 Å². The standard InChI is InChI=1S/C19H27N5O/c1-12(2)17(18-23-22-16-10-7-11-24(16)18)21-19(25)20-14(4)15-9-6-5-8-13(15)3/h5-6,8-9,12,14,17H,7,10-11H2,1-4H3,(H2,20,21,25). The van der Waals surface area contributed by atoms with Crippen molar-refractivity contribution in [1.29, 1.82) is 0 Å². The van der Waals surface area contributed by atoms with Crippen molar-refractivity contribution in [2.45, 2.75) is 59.2 Å². The third kappa shape index (κ3) is 3.67. The van der Waals surface area contributed by atoms with Gasteiger partial charge >= 0.3 is 6.03 Å². The number of aryl methyl sites for hydroxylation is 2. The van der Waals surface area contributed by atoms with Gasteiger partial charge < -0.3 is 15.2 Å². The number of amides is 2. The normalized spacial score (nSPS) is 15.7. The van der Waals surface area contributed by atoms with Gasteiger partial charge in [-0.05, 0) is 37.3 Å². The molecular weight excluding hydrogens is 314 g/mol. The van der Waals surface area contributed by atoms with Crippen molar-refractivity contribution >= 4 is 6.03 Å². The maximum Gasteiger partial charge on any atom is 0.315 e. The largest absolute Gasteiger partial charge is 0.332 e. The zero-order chi connectivity index (χ0) is 18.0. The lowest BCUT2D eigenvalue weighted by Crippen LogP contribution is -2.41. The van der Waals surface area contributed by atoms with Crippen LogP contribution in [0.3, 0.4) is 0 Å². The Bertz CT molecular complexity index is 752. The molecule has 1 aliphatic heterocycles. The molecule has 3 rings (SSSR count). The lowest BCUT2D eigenvalue weighted by atomic mass is 10.0. The molecule has 25 heavy (non-hydrogen) atoms. The van der Waals surface area contributed by atoms with Crippen LogP contribution in [0.4, 0.5) is 4.79 Å². The monoisotopic (exact) mass is 341 g/mol. The van der Waals surface area contributed by atoms with Gasteiger partial charge in [-0.1, -0.05) is 38.1 Å². The van der Waals surface area contributed by atoms with Crippen LogP contribution in [-0.2, 0) is 13.0 Å². The number of carbonyl (C=O) groups excluding carboxylic acids is 1. The van der Waals surface area contributed by atoms with Crippen LogP contribution < -0.4 is 10.6 Å². The molecule has 0 radical (unpaired) electrons. The molecule has 2 aromatic rings. The van der Waals surface area contributed by atoms with Crippen molar-refractivity contribution in [2.24, 2.45) is 5.92 Å². The van der Waals surface area contributed by atoms with Crippen LogP contribution in [0.2, 0.25) is 0 Å². The number of hydrogen-bond donors (Lipinski definition) is 2. The average Bonchev–Trinajstić information content (AvgIpc) is 3.16. The lowest BCUT2D eigenvalue weighted by molar-refractivity contribution is 0.228. The fourth-order valence-electron chi connectivity index (χ4n) is 3.46. The average molecular weight is 341 g/mol. The van der Waals surface area contributed by atoms with Crippen molar-refractivity contribution in [3.05, 3.63) is 47.0 Å². The second-order valence-electron chi connectivity index (χ2n) is 7.15. The second kappa shape index (κ2) is 7.25. The van der Waals surface area contributed by atoms with Crippen molar-refractivity contribution < 1.29 is 4.79 Å². The Morgan fingerprint density at radius 1 is 1.16 bits per heavy atom. The van der Waals surface area contributed by atoms with E-state index in [1.54, 1.807) is 0 Å². The zero-order valence-corrected chi connectivity index (χ0v) is 15.4. The van der Waals surface area contributed by atoms with Gasteiger partial charge in [0.25, 0.3) is 0 Å². The van der Waals surface area contributed by atoms with Gasteiger partial charge in [0, 0.05) is 13.0 Å². The number of nitrogens with one attached hydrogen (secondary N) is 2. The number of hydrogen-bond acceptors (Lipinski definition) is 3. The summed E-state index contributed by atoms with van der Waals surface area (Å²) >= 11 is 0. The molecule has 0 saturated carbocycles. The third-order valence-corrected chi connectivity index (χ3v) is 4.87. The summed E-state index contributed by atoms with van der Waals surface area (Å²) in [5.74, 6) is 2.12. The van der Waals surface area contributed by atoms with E-state index < -0.39 is 0 Å². The summed E-state index contributed by atoms with van der Waals surface area (Å²) in [6.07, 6.45) is 2.06. The fraction of sp³-hybridized carbons (Fsp3) is 0.526. The van der Waals surface area contributed by atoms with Gasteiger partial charge in [-0.25, -0.2) is 4.79 Å². The Labute approximate surface area is 149 Å². The molecule has 2 N–H and O–H groups in total. The molecule has 1 aromatic heterocycles. The maximum atomic E-state index is 12.6. The molecule has 0 aliphatic carbocycles. The van der Waals surface area contributed by atoms with E-state index in [0.29, 0.717) is 0 Å². The molecule has 2 heterocycles. The first-order valence-corrected chi connectivity index (χ1v) is 9.02. The Hall–Kier alpha value is -2.37. The van der Waals surface area contributed by atoms with Crippen LogP contribution in [-0.4, -0.2) is 20.8 Å². The summed E-state index contributed by atoms with van der Waals surface area (Å²) in [6, 6.07) is 7.72. The van der Waals surface area contributed by atoms with Crippen LogP contribution in [0.5, 0.6) is 0 Å². The minimum Gasteiger partial charge on any atom is -0.332 e. The first kappa shape index (κ1) is 17.5. The van der Waals surface area contributed by atoms with Gasteiger partial charge in [0.2, 0.25) is 0 Å². The maximum absolute atomic E-state index is 12.6. The van der Waals surface area contributed by atoms with E-state index >= 15 is 0 Å². The molecule has 6 nitrogen and oxygen atoms in total. The van der Waals surface area contributed by atoms with Gasteiger partial charge in [-0.3, -0.25) is 0 Å². The van der Waals surface area contributed by atoms with Crippen molar-refractivity contribution in [2.75, 3.05) is 0 Å². The molecule has 1 aromatic carbocycles. The SMILES string of the molecule is Cc1ccccc1C(C)NC(=O)NC(c1nnc2n1CCC2)C(C)C. The van der Waals surface area contributed by atoms with Crippen molar-refractivity contribution in [3.63, 3.8) is 0 Å². The third-order valence-electron chi connectivity index (χ3n) is 4.87. The Kier molecular flexibility index (Phi) is 5.06. The van der Waals surface area contributed by atoms with Crippen LogP contribution in [0, 0.1) is 12.8 Å². The highest BCUT2D eigenvalue weighted by Gasteiger charge is 2.28. The van der Waals surface area contributed by atoms with Gasteiger partial charge in [-0.15, -0.1) is 10.2 Å². The zero-order valence-electron chi connectivity index (χ0n) is 15.4. The van der Waals surface area contributed by atoms with E-state index in [9.17, 15) is 4.79 Å². The summed E-state index contributed by atoms with van der Waals surface area (Å²) < 4.78 is 2.15. The van der Waals surface area contributed by atoms with E-state index in [2.05, 4.69) is 52.2 Å². The summed E-state index contributed by atoms with van der Waals surface area (Å²) in [7, 11) is 0. The Morgan fingerprint density at radius 3 is 2.64 bits per heavy atom. The number of fused-ring (bicyclic) bond motifs is 1. The van der Waals surface area contributed by atoms with Gasteiger partial charge in [-0.2, -0.15) is 0 Å². The number of rotatable bonds is 5. The van der Waals surface area contributed by atoms with Crippen LogP contribution >= 0.6 is 0 Å². The number of aromatic nitrogens is 3. The summed E-state index contributed by atoms with van der Waals surface area (Å²) in [5, 5.41) is 14.7. The van der Waals surface area contributed by atoms with Gasteiger partial charge in [0.05, 0.1) is 12.1 Å². The molecule has 0 spiro atoms. The van der Waals surface area contributed by atoms with E-state index in [0.717, 1.165) is 36.6 Å². The predicted molar refractivity (Wildman–Crippen MR) is 97.2 cm³/mol. The minimum atomic E-state index is -0.176. The first-order chi connectivity index (χ1) is 12.0. The van der Waals surface area contributed by atoms with E-state index in [-0.39, 0.29) is 24.0 Å². The van der Waals surface area contributed by atoms with E-state index in [4.69, 9.17) is 0 Å². The highest BCUT2D eigenvalue weighted by Crippen LogP contribution is 2.24. The van der Waals surface area contributed by atoms with Crippen LogP contribution in [0.25, 0.3) is 0 Å². The highest BCUT2D eigenvalue weighted by atomic mass is 16.2. The summed E-state index contributed by atoms with van der Waals surface area (Å²) in [4.78, 5) is 12.6. The van der Waals surface area contributed by atoms with E-state index in [1.807, 2.05) is 25.1 Å². The quantitative estimate of drug-likeness (QED) is 0.876. The number of urea groups is 1. The summed E-state index contributed by atoms with van der Waals surface area (Å²) in [5.41, 5.74) is 2.30. The Balaban J connectivity index is 1.70. The molecule has 0 fully saturated rings. The smallest absolute Gasteiger partial charge is 0.315 e. The number of benzene rings is 1. The molecular formula is C19H27N5O. The van der Waals surface area contributed by atoms with Gasteiger partial charge in [0.1, 0.15) is 5.82 Å². The second-order valence-corrected chi connectivity index (χ2v) is 7.15.